The molecule has 0 aliphatic heterocycles. The molecule has 0 N–H and O–H groups in total. The summed E-state index contributed by atoms with van der Waals surface area (Å²) in [5, 5.41) is 0. The van der Waals surface area contributed by atoms with Crippen LogP contribution in [0.25, 0.3) is 6.08 Å². The van der Waals surface area contributed by atoms with E-state index in [0.717, 1.165) is 5.56 Å². The minimum atomic E-state index is 1.16. The molecule has 0 atom stereocenters. The van der Waals surface area contributed by atoms with E-state index in [2.05, 4.69) is 37.6 Å². The molecule has 0 spiro atoms. The predicted molar refractivity (Wildman–Crippen MR) is 59.5 cm³/mol. The largest absolute Gasteiger partial charge is 0.296 e. The Balaban J connectivity index is 3.37. The highest BCUT2D eigenvalue weighted by molar-refractivity contribution is 5.87. The zero-order valence-electron chi connectivity index (χ0n) is 8.46. The number of nitrogens with zero attached hydrogens (tertiary/aromatic N) is 1. The summed E-state index contributed by atoms with van der Waals surface area (Å²) in [5.74, 6) is 0. The van der Waals surface area contributed by atoms with Gasteiger partial charge in [-0.15, -0.1) is 0 Å². The normalized spacial score (nSPS) is 10.7. The van der Waals surface area contributed by atoms with Crippen LogP contribution in [-0.4, -0.2) is 13.3 Å². The lowest BCUT2D eigenvalue weighted by atomic mass is 10.00. The molecule has 0 saturated carbocycles. The molecule has 0 saturated heterocycles. The molecule has 0 unspecified atom stereocenters. The topological polar surface area (TPSA) is 12.4 Å². The van der Waals surface area contributed by atoms with Gasteiger partial charge in [-0.05, 0) is 25.0 Å². The Labute approximate surface area is 79.8 Å². The summed E-state index contributed by atoms with van der Waals surface area (Å²) in [7, 11) is 1.78. The smallest absolute Gasteiger partial charge is 0.0290 e. The second kappa shape index (κ2) is 4.04. The molecule has 0 radical (unpaired) electrons. The van der Waals surface area contributed by atoms with Crippen molar-refractivity contribution in [1.29, 1.82) is 0 Å². The summed E-state index contributed by atoms with van der Waals surface area (Å²) in [6.45, 7) is 7.98. The van der Waals surface area contributed by atoms with Crippen molar-refractivity contribution in [2.75, 3.05) is 7.05 Å². The number of hydrogen-bond acceptors (Lipinski definition) is 1. The molecular formula is C12H15N. The Bertz CT molecular complexity index is 348. The van der Waals surface area contributed by atoms with Crippen molar-refractivity contribution >= 4 is 12.3 Å². The van der Waals surface area contributed by atoms with E-state index in [1.54, 1.807) is 7.05 Å². The van der Waals surface area contributed by atoms with E-state index in [4.69, 9.17) is 0 Å². The minimum absolute atomic E-state index is 1.16. The second-order valence-electron chi connectivity index (χ2n) is 3.18. The average molecular weight is 173 g/mol. The van der Waals surface area contributed by atoms with Crippen molar-refractivity contribution in [3.63, 3.8) is 0 Å². The summed E-state index contributed by atoms with van der Waals surface area (Å²) >= 11 is 0. The van der Waals surface area contributed by atoms with E-state index >= 15 is 0 Å². The van der Waals surface area contributed by atoms with Crippen LogP contribution in [0.5, 0.6) is 0 Å². The Hall–Kier alpha value is -1.37. The Kier molecular flexibility index (Phi) is 3.02. The van der Waals surface area contributed by atoms with Crippen LogP contribution in [0.3, 0.4) is 0 Å². The first kappa shape index (κ1) is 9.72. The van der Waals surface area contributed by atoms with Gasteiger partial charge in [0.15, 0.2) is 0 Å². The molecule has 0 bridgehead atoms. The van der Waals surface area contributed by atoms with Crippen LogP contribution in [0.1, 0.15) is 22.3 Å². The fourth-order valence-electron chi connectivity index (χ4n) is 1.49. The standard InChI is InChI=1S/C12H15N/c1-5-11-7-9(2)6-10(3)12(11)8-13-4/h5-8H,1H2,2-4H3/b13-8-. The number of aryl methyl sites for hydroxylation is 2. The highest BCUT2D eigenvalue weighted by Gasteiger charge is 2.01. The van der Waals surface area contributed by atoms with Gasteiger partial charge in [-0.1, -0.05) is 30.4 Å². The van der Waals surface area contributed by atoms with Crippen LogP contribution in [0, 0.1) is 13.8 Å². The van der Waals surface area contributed by atoms with Crippen molar-refractivity contribution in [3.05, 3.63) is 41.0 Å². The molecule has 13 heavy (non-hydrogen) atoms. The van der Waals surface area contributed by atoms with Crippen molar-refractivity contribution in [1.82, 2.24) is 0 Å². The lowest BCUT2D eigenvalue weighted by Crippen LogP contribution is -1.93. The van der Waals surface area contributed by atoms with Gasteiger partial charge in [-0.25, -0.2) is 0 Å². The zero-order chi connectivity index (χ0) is 9.84. The maximum Gasteiger partial charge on any atom is 0.0290 e. The molecule has 0 aliphatic rings. The summed E-state index contributed by atoms with van der Waals surface area (Å²) in [6, 6.07) is 4.28. The molecule has 0 amide bonds. The molecule has 1 aromatic rings. The van der Waals surface area contributed by atoms with Crippen LogP contribution < -0.4 is 0 Å². The lowest BCUT2D eigenvalue weighted by molar-refractivity contribution is 1.35. The van der Waals surface area contributed by atoms with E-state index < -0.39 is 0 Å². The third kappa shape index (κ3) is 2.05. The lowest BCUT2D eigenvalue weighted by Gasteiger charge is -2.06. The third-order valence-electron chi connectivity index (χ3n) is 2.04. The van der Waals surface area contributed by atoms with Gasteiger partial charge in [0.2, 0.25) is 0 Å². The van der Waals surface area contributed by atoms with Crippen LogP contribution in [0.4, 0.5) is 0 Å². The molecule has 1 rings (SSSR count). The van der Waals surface area contributed by atoms with Crippen LogP contribution >= 0.6 is 0 Å². The Morgan fingerprint density at radius 2 is 2.00 bits per heavy atom. The van der Waals surface area contributed by atoms with Gasteiger partial charge < -0.3 is 0 Å². The summed E-state index contributed by atoms with van der Waals surface area (Å²) in [6.07, 6.45) is 3.75. The molecule has 68 valence electrons. The van der Waals surface area contributed by atoms with E-state index in [-0.39, 0.29) is 0 Å². The van der Waals surface area contributed by atoms with E-state index in [1.807, 2.05) is 12.3 Å². The quantitative estimate of drug-likeness (QED) is 0.610. The first-order chi connectivity index (χ1) is 6.19. The first-order valence-corrected chi connectivity index (χ1v) is 4.35. The monoisotopic (exact) mass is 173 g/mol. The van der Waals surface area contributed by atoms with E-state index in [0.29, 0.717) is 0 Å². The Morgan fingerprint density at radius 3 is 2.54 bits per heavy atom. The van der Waals surface area contributed by atoms with Gasteiger partial charge >= 0.3 is 0 Å². The van der Waals surface area contributed by atoms with Crippen molar-refractivity contribution in [2.24, 2.45) is 4.99 Å². The summed E-state index contributed by atoms with van der Waals surface area (Å²) < 4.78 is 0. The van der Waals surface area contributed by atoms with Gasteiger partial charge in [0, 0.05) is 18.8 Å². The average Bonchev–Trinajstić information content (AvgIpc) is 2.09. The van der Waals surface area contributed by atoms with Crippen molar-refractivity contribution < 1.29 is 0 Å². The van der Waals surface area contributed by atoms with E-state index in [1.165, 1.54) is 16.7 Å². The van der Waals surface area contributed by atoms with Crippen molar-refractivity contribution in [2.45, 2.75) is 13.8 Å². The van der Waals surface area contributed by atoms with Crippen LogP contribution in [0.2, 0.25) is 0 Å². The van der Waals surface area contributed by atoms with Gasteiger partial charge in [-0.2, -0.15) is 0 Å². The molecule has 0 heterocycles. The third-order valence-corrected chi connectivity index (χ3v) is 2.04. The van der Waals surface area contributed by atoms with Gasteiger partial charge in [0.05, 0.1) is 0 Å². The second-order valence-corrected chi connectivity index (χ2v) is 3.18. The van der Waals surface area contributed by atoms with Crippen LogP contribution in [0.15, 0.2) is 23.7 Å². The highest BCUT2D eigenvalue weighted by atomic mass is 14.6. The molecule has 0 fully saturated rings. The SMILES string of the molecule is C=Cc1cc(C)cc(C)c1/C=N\C. The fourth-order valence-corrected chi connectivity index (χ4v) is 1.49. The highest BCUT2D eigenvalue weighted by Crippen LogP contribution is 2.16. The zero-order valence-corrected chi connectivity index (χ0v) is 8.46. The van der Waals surface area contributed by atoms with Gasteiger partial charge in [-0.3, -0.25) is 4.99 Å². The first-order valence-electron chi connectivity index (χ1n) is 4.35. The molecule has 1 nitrogen and oxygen atoms in total. The van der Waals surface area contributed by atoms with E-state index in [9.17, 15) is 0 Å². The molecule has 0 aromatic heterocycles. The molecule has 1 heteroatoms. The summed E-state index contributed by atoms with van der Waals surface area (Å²) in [4.78, 5) is 4.03. The maximum absolute atomic E-state index is 4.03. The van der Waals surface area contributed by atoms with Gasteiger partial charge in [0.25, 0.3) is 0 Å². The van der Waals surface area contributed by atoms with Crippen molar-refractivity contribution in [3.8, 4) is 0 Å². The number of aliphatic imine (C=N–C) groups is 1. The van der Waals surface area contributed by atoms with Gasteiger partial charge in [0.1, 0.15) is 0 Å². The number of benzene rings is 1. The molecular weight excluding hydrogens is 158 g/mol. The Morgan fingerprint density at radius 1 is 1.31 bits per heavy atom. The maximum atomic E-state index is 4.03. The minimum Gasteiger partial charge on any atom is -0.296 e. The fraction of sp³-hybridized carbons (Fsp3) is 0.250. The van der Waals surface area contributed by atoms with Crippen LogP contribution in [-0.2, 0) is 0 Å². The predicted octanol–water partition coefficient (Wildman–Crippen LogP) is 3.00. The number of hydrogen-bond donors (Lipinski definition) is 0. The molecule has 1 aromatic carbocycles. The molecule has 0 aliphatic carbocycles. The summed E-state index contributed by atoms with van der Waals surface area (Å²) in [5.41, 5.74) is 4.84. The number of rotatable bonds is 2.